The molecule has 0 spiro atoms. The Morgan fingerprint density at radius 3 is 2.21 bits per heavy atom. The Hall–Kier alpha value is 0.943. The van der Waals surface area contributed by atoms with Crippen LogP contribution < -0.4 is 0 Å². The second-order valence-electron chi connectivity index (χ2n) is 2.82. The first-order valence-electron chi connectivity index (χ1n) is 4.41. The molecule has 0 aromatic rings. The second-order valence-corrected chi connectivity index (χ2v) is 2.82. The second kappa shape index (κ2) is 12.0. The Labute approximate surface area is 117 Å². The van der Waals surface area contributed by atoms with Crippen LogP contribution in [0.5, 0.6) is 0 Å². The van der Waals surface area contributed by atoms with Crippen molar-refractivity contribution in [2.75, 3.05) is 12.8 Å². The minimum Gasteiger partial charge on any atom is -0.321 e. The van der Waals surface area contributed by atoms with Gasteiger partial charge in [-0.25, -0.2) is 0 Å². The normalized spacial score (nSPS) is 26.0. The van der Waals surface area contributed by atoms with Gasteiger partial charge in [0.2, 0.25) is 0 Å². The quantitative estimate of drug-likeness (QED) is 0.468. The summed E-state index contributed by atoms with van der Waals surface area (Å²) >= 11 is 9.28. The topological polar surface area (TPSA) is 0 Å². The average molecular weight is 311 g/mol. The van der Waals surface area contributed by atoms with Crippen LogP contribution in [0, 0.1) is 18.3 Å². The van der Waals surface area contributed by atoms with Gasteiger partial charge in [-0.15, -0.1) is 35.2 Å². The molecule has 0 saturated heterocycles. The van der Waals surface area contributed by atoms with E-state index >= 15 is 0 Å². The van der Waals surface area contributed by atoms with Crippen molar-refractivity contribution in [3.63, 3.8) is 0 Å². The van der Waals surface area contributed by atoms with Gasteiger partial charge in [-0.1, -0.05) is 24.6 Å². The van der Waals surface area contributed by atoms with Crippen molar-refractivity contribution in [2.45, 2.75) is 12.8 Å². The van der Waals surface area contributed by atoms with Crippen molar-refractivity contribution >= 4 is 23.2 Å². The molecule has 0 radical (unpaired) electrons. The van der Waals surface area contributed by atoms with E-state index in [2.05, 4.69) is 53.9 Å². The summed E-state index contributed by atoms with van der Waals surface area (Å²) in [5.74, 6) is 1.62. The van der Waals surface area contributed by atoms with E-state index in [9.17, 15) is 0 Å². The molecule has 0 aromatic carbocycles. The first kappa shape index (κ1) is 17.3. The smallest absolute Gasteiger partial charge is 0.0108 e. The van der Waals surface area contributed by atoms with Gasteiger partial charge in [-0.2, -0.15) is 6.42 Å². The third kappa shape index (κ3) is 5.73. The fourth-order valence-electron chi connectivity index (χ4n) is 1.69. The zero-order chi connectivity index (χ0) is 10.1. The maximum absolute atomic E-state index is 4.64. The summed E-state index contributed by atoms with van der Waals surface area (Å²) in [5, 5.41) is 0. The van der Waals surface area contributed by atoms with E-state index in [1.165, 1.54) is 25.6 Å². The van der Waals surface area contributed by atoms with Gasteiger partial charge in [0, 0.05) is 39.0 Å². The molecule has 2 rings (SSSR count). The summed E-state index contributed by atoms with van der Waals surface area (Å²) in [6, 6.07) is 0. The molecule has 14 heavy (non-hydrogen) atoms. The number of allylic oxidation sites excluding steroid dienone is 4. The molecule has 1 fully saturated rings. The van der Waals surface area contributed by atoms with Gasteiger partial charge in [-0.3, -0.25) is 0 Å². The SMILES string of the molecule is C1=CC2[CH-]CCC2C=C1.CCl.CCl.[Zr]. The fraction of sp³-hybridized carbons (Fsp3) is 0.545. The molecule has 2 unspecified atom stereocenters. The molecule has 0 aliphatic heterocycles. The predicted molar refractivity (Wildman–Crippen MR) is 62.3 cm³/mol. The van der Waals surface area contributed by atoms with Gasteiger partial charge in [0.25, 0.3) is 0 Å². The van der Waals surface area contributed by atoms with Crippen LogP contribution in [0.1, 0.15) is 12.8 Å². The molecule has 80 valence electrons. The van der Waals surface area contributed by atoms with E-state index in [-0.39, 0.29) is 26.2 Å². The van der Waals surface area contributed by atoms with Crippen molar-refractivity contribution in [1.29, 1.82) is 0 Å². The molecule has 1 saturated carbocycles. The van der Waals surface area contributed by atoms with Crippen LogP contribution >= 0.6 is 23.2 Å². The molecular formula is C11H17Cl2Zr-. The third-order valence-corrected chi connectivity index (χ3v) is 2.24. The minimum atomic E-state index is 0. The summed E-state index contributed by atoms with van der Waals surface area (Å²) in [7, 11) is 0. The third-order valence-electron chi connectivity index (χ3n) is 2.24. The number of hydrogen-bond donors (Lipinski definition) is 0. The molecular weight excluding hydrogens is 294 g/mol. The number of halogens is 2. The van der Waals surface area contributed by atoms with Crippen LogP contribution in [0.3, 0.4) is 0 Å². The number of alkyl halides is 2. The summed E-state index contributed by atoms with van der Waals surface area (Å²) in [4.78, 5) is 0. The maximum atomic E-state index is 4.64. The van der Waals surface area contributed by atoms with Crippen molar-refractivity contribution in [3.05, 3.63) is 30.7 Å². The summed E-state index contributed by atoms with van der Waals surface area (Å²) < 4.78 is 0. The Morgan fingerprint density at radius 1 is 1.07 bits per heavy atom. The van der Waals surface area contributed by atoms with Gasteiger partial charge in [0.15, 0.2) is 0 Å². The maximum Gasteiger partial charge on any atom is 0.0108 e. The minimum absolute atomic E-state index is 0. The van der Waals surface area contributed by atoms with Crippen LogP contribution in [0.15, 0.2) is 24.3 Å². The monoisotopic (exact) mass is 309 g/mol. The zero-order valence-corrected chi connectivity index (χ0v) is 12.7. The van der Waals surface area contributed by atoms with Crippen LogP contribution in [-0.4, -0.2) is 12.8 Å². The Bertz CT molecular complexity index is 149. The molecule has 2 aliphatic carbocycles. The van der Waals surface area contributed by atoms with E-state index in [0.717, 1.165) is 11.8 Å². The van der Waals surface area contributed by atoms with Crippen molar-refractivity contribution in [2.24, 2.45) is 11.8 Å². The summed E-state index contributed by atoms with van der Waals surface area (Å²) in [6.07, 6.45) is 17.0. The van der Waals surface area contributed by atoms with Gasteiger partial charge in [0.1, 0.15) is 0 Å². The average Bonchev–Trinajstić information content (AvgIpc) is 2.71. The zero-order valence-electron chi connectivity index (χ0n) is 8.71. The van der Waals surface area contributed by atoms with Gasteiger partial charge in [-0.05, 0) is 5.92 Å². The predicted octanol–water partition coefficient (Wildman–Crippen LogP) is 4.05. The molecule has 2 aliphatic rings. The van der Waals surface area contributed by atoms with E-state index in [1.54, 1.807) is 0 Å². The van der Waals surface area contributed by atoms with Crippen molar-refractivity contribution < 1.29 is 26.2 Å². The van der Waals surface area contributed by atoms with Crippen LogP contribution in [0.4, 0.5) is 0 Å². The first-order valence-corrected chi connectivity index (χ1v) is 5.92. The molecule has 0 N–H and O–H groups in total. The number of hydrogen-bond acceptors (Lipinski definition) is 0. The fourth-order valence-corrected chi connectivity index (χ4v) is 1.69. The summed E-state index contributed by atoms with van der Waals surface area (Å²) in [5.41, 5.74) is 0. The number of fused-ring (bicyclic) bond motifs is 1. The molecule has 0 aromatic heterocycles. The molecule has 0 heterocycles. The standard InChI is InChI=1S/C9H11.2CH3Cl.Zr/c1-2-5-9-7-3-6-8(9)4-1;2*1-2;/h1-2,4-6,8-9H,3,7H2;2*1H3;/q-1;;;. The van der Waals surface area contributed by atoms with Crippen molar-refractivity contribution in [3.8, 4) is 0 Å². The van der Waals surface area contributed by atoms with Crippen LogP contribution in [-0.2, 0) is 26.2 Å². The Morgan fingerprint density at radius 2 is 1.64 bits per heavy atom. The largest absolute Gasteiger partial charge is 0.321 e. The van der Waals surface area contributed by atoms with E-state index in [0.29, 0.717) is 0 Å². The Balaban J connectivity index is 0. The van der Waals surface area contributed by atoms with Crippen LogP contribution in [0.25, 0.3) is 0 Å². The van der Waals surface area contributed by atoms with Crippen LogP contribution in [0.2, 0.25) is 0 Å². The van der Waals surface area contributed by atoms with Crippen molar-refractivity contribution in [1.82, 2.24) is 0 Å². The van der Waals surface area contributed by atoms with E-state index in [1.807, 2.05) is 0 Å². The van der Waals surface area contributed by atoms with E-state index < -0.39 is 0 Å². The molecule has 3 heteroatoms. The first-order chi connectivity index (χ1) is 6.47. The molecule has 0 nitrogen and oxygen atoms in total. The summed E-state index contributed by atoms with van der Waals surface area (Å²) in [6.45, 7) is 0. The Kier molecular flexibility index (Phi) is 14.9. The van der Waals surface area contributed by atoms with Gasteiger partial charge >= 0.3 is 0 Å². The van der Waals surface area contributed by atoms with Gasteiger partial charge in [0.05, 0.1) is 0 Å². The number of rotatable bonds is 0. The molecule has 0 bridgehead atoms. The molecule has 0 amide bonds. The van der Waals surface area contributed by atoms with Gasteiger partial charge < -0.3 is 6.42 Å². The molecule has 2 atom stereocenters. The van der Waals surface area contributed by atoms with E-state index in [4.69, 9.17) is 0 Å².